The lowest BCUT2D eigenvalue weighted by Crippen LogP contribution is -2.54. The van der Waals surface area contributed by atoms with Gasteiger partial charge < -0.3 is 9.57 Å². The van der Waals surface area contributed by atoms with E-state index in [0.29, 0.717) is 16.9 Å². The molecule has 0 radical (unpaired) electrons. The zero-order chi connectivity index (χ0) is 16.9. The zero-order valence-corrected chi connectivity index (χ0v) is 16.0. The number of rotatable bonds is 2. The lowest BCUT2D eigenvalue weighted by atomic mass is 9.45. The van der Waals surface area contributed by atoms with Crippen molar-refractivity contribution in [2.24, 2.45) is 39.7 Å². The van der Waals surface area contributed by atoms with Gasteiger partial charge in [-0.2, -0.15) is 0 Å². The van der Waals surface area contributed by atoms with Gasteiger partial charge in [0.05, 0.1) is 11.8 Å². The number of nitrogens with zero attached hydrogens (tertiary/aromatic N) is 1. The van der Waals surface area contributed by atoms with E-state index in [4.69, 9.17) is 9.57 Å². The molecule has 0 heterocycles. The third-order valence-corrected chi connectivity index (χ3v) is 8.89. The van der Waals surface area contributed by atoms with E-state index < -0.39 is 0 Å². The Hall–Kier alpha value is -0.570. The molecule has 0 spiro atoms. The molecule has 136 valence electrons. The Balaban J connectivity index is 1.59. The van der Waals surface area contributed by atoms with E-state index in [1.165, 1.54) is 57.1 Å². The van der Waals surface area contributed by atoms with Gasteiger partial charge in [0, 0.05) is 12.5 Å². The Morgan fingerprint density at radius 2 is 1.79 bits per heavy atom. The van der Waals surface area contributed by atoms with E-state index in [2.05, 4.69) is 19.0 Å². The van der Waals surface area contributed by atoms with Crippen molar-refractivity contribution in [3.63, 3.8) is 0 Å². The van der Waals surface area contributed by atoms with Gasteiger partial charge in [-0.05, 0) is 86.9 Å². The molecule has 0 aliphatic heterocycles. The summed E-state index contributed by atoms with van der Waals surface area (Å²) in [5.74, 6) is 3.56. The van der Waals surface area contributed by atoms with Crippen LogP contribution in [0.1, 0.15) is 71.6 Å². The second-order valence-corrected chi connectivity index (χ2v) is 9.50. The van der Waals surface area contributed by atoms with Gasteiger partial charge in [0.25, 0.3) is 0 Å². The van der Waals surface area contributed by atoms with Crippen LogP contribution in [-0.4, -0.2) is 26.0 Å². The molecule has 0 bridgehead atoms. The summed E-state index contributed by atoms with van der Waals surface area (Å²) in [5, 5.41) is 4.44. The Morgan fingerprint density at radius 3 is 2.54 bits per heavy atom. The van der Waals surface area contributed by atoms with Crippen molar-refractivity contribution in [1.82, 2.24) is 0 Å². The van der Waals surface area contributed by atoms with E-state index in [0.717, 1.165) is 30.1 Å². The van der Waals surface area contributed by atoms with Crippen LogP contribution in [0.25, 0.3) is 0 Å². The second-order valence-electron chi connectivity index (χ2n) is 9.50. The minimum atomic E-state index is 0.310. The predicted octanol–water partition coefficient (Wildman–Crippen LogP) is 5.05. The normalized spacial score (nSPS) is 52.5. The highest BCUT2D eigenvalue weighted by molar-refractivity contribution is 5.92. The van der Waals surface area contributed by atoms with Crippen molar-refractivity contribution in [2.75, 3.05) is 14.2 Å². The maximum absolute atomic E-state index is 5.72. The molecule has 4 rings (SSSR count). The first-order chi connectivity index (χ1) is 11.5. The van der Waals surface area contributed by atoms with E-state index in [1.807, 2.05) is 7.11 Å². The summed E-state index contributed by atoms with van der Waals surface area (Å²) in [6.07, 6.45) is 12.5. The Bertz CT molecular complexity index is 518. The van der Waals surface area contributed by atoms with Crippen LogP contribution in [-0.2, 0) is 9.57 Å². The highest BCUT2D eigenvalue weighted by atomic mass is 16.6. The highest BCUT2D eigenvalue weighted by Gasteiger charge is 2.59. The Kier molecular flexibility index (Phi) is 4.22. The third kappa shape index (κ3) is 2.29. The molecule has 0 N–H and O–H groups in total. The SMILES string of the molecule is CO/N=C1\CCC2C3CCC4CC(OC)CCC4(C)C3CCC12C. The molecule has 4 fully saturated rings. The molecule has 7 unspecified atom stereocenters. The first kappa shape index (κ1) is 16.9. The summed E-state index contributed by atoms with van der Waals surface area (Å²) >= 11 is 0. The van der Waals surface area contributed by atoms with E-state index >= 15 is 0 Å². The van der Waals surface area contributed by atoms with Gasteiger partial charge >= 0.3 is 0 Å². The lowest BCUT2D eigenvalue weighted by molar-refractivity contribution is -0.119. The molecular weight excluding hydrogens is 298 g/mol. The summed E-state index contributed by atoms with van der Waals surface area (Å²) in [6.45, 7) is 5.11. The monoisotopic (exact) mass is 333 g/mol. The van der Waals surface area contributed by atoms with Crippen LogP contribution in [0.3, 0.4) is 0 Å². The van der Waals surface area contributed by atoms with Crippen LogP contribution in [0.4, 0.5) is 0 Å². The minimum absolute atomic E-state index is 0.310. The summed E-state index contributed by atoms with van der Waals surface area (Å²) in [5.41, 5.74) is 2.22. The Labute approximate surface area is 147 Å². The topological polar surface area (TPSA) is 30.8 Å². The van der Waals surface area contributed by atoms with Crippen LogP contribution in [0.2, 0.25) is 0 Å². The van der Waals surface area contributed by atoms with Crippen molar-refractivity contribution < 1.29 is 9.57 Å². The standard InChI is InChI=1S/C21H35NO2/c1-20-11-9-15(23-3)13-14(20)5-6-16-17-7-8-19(22-24-4)21(17,2)12-10-18(16)20/h14-18H,5-13H2,1-4H3/b22-19+. The summed E-state index contributed by atoms with van der Waals surface area (Å²) in [7, 11) is 3.61. The predicted molar refractivity (Wildman–Crippen MR) is 97.0 cm³/mol. The van der Waals surface area contributed by atoms with Gasteiger partial charge in [0.1, 0.15) is 7.11 Å². The molecule has 0 aromatic heterocycles. The smallest absolute Gasteiger partial charge is 0.106 e. The number of fused-ring (bicyclic) bond motifs is 5. The molecule has 0 aromatic carbocycles. The van der Waals surface area contributed by atoms with Gasteiger partial charge in [-0.25, -0.2) is 0 Å². The van der Waals surface area contributed by atoms with E-state index in [1.54, 1.807) is 7.11 Å². The van der Waals surface area contributed by atoms with Crippen molar-refractivity contribution in [2.45, 2.75) is 77.7 Å². The van der Waals surface area contributed by atoms with Crippen LogP contribution >= 0.6 is 0 Å². The molecule has 0 aromatic rings. The van der Waals surface area contributed by atoms with Crippen molar-refractivity contribution in [3.05, 3.63) is 0 Å². The van der Waals surface area contributed by atoms with Crippen LogP contribution in [0.5, 0.6) is 0 Å². The van der Waals surface area contributed by atoms with Crippen molar-refractivity contribution in [1.29, 1.82) is 0 Å². The molecule has 0 saturated heterocycles. The highest BCUT2D eigenvalue weighted by Crippen LogP contribution is 2.65. The molecule has 24 heavy (non-hydrogen) atoms. The third-order valence-electron chi connectivity index (χ3n) is 8.89. The molecule has 7 atom stereocenters. The molecule has 0 amide bonds. The lowest BCUT2D eigenvalue weighted by Gasteiger charge is -2.60. The minimum Gasteiger partial charge on any atom is -0.399 e. The van der Waals surface area contributed by atoms with Crippen molar-refractivity contribution >= 4 is 5.71 Å². The van der Waals surface area contributed by atoms with Crippen molar-refractivity contribution in [3.8, 4) is 0 Å². The number of oxime groups is 1. The maximum Gasteiger partial charge on any atom is 0.106 e. The quantitative estimate of drug-likeness (QED) is 0.662. The van der Waals surface area contributed by atoms with Crippen LogP contribution in [0, 0.1) is 34.5 Å². The molecule has 4 aliphatic carbocycles. The largest absolute Gasteiger partial charge is 0.399 e. The van der Waals surface area contributed by atoms with Gasteiger partial charge in [0.15, 0.2) is 0 Å². The summed E-state index contributed by atoms with van der Waals surface area (Å²) < 4.78 is 5.72. The molecule has 3 heteroatoms. The molecule has 3 nitrogen and oxygen atoms in total. The number of hydrogen-bond donors (Lipinski definition) is 0. The number of ether oxygens (including phenoxy) is 1. The zero-order valence-electron chi connectivity index (χ0n) is 16.0. The van der Waals surface area contributed by atoms with E-state index in [-0.39, 0.29) is 0 Å². The van der Waals surface area contributed by atoms with Gasteiger partial charge in [-0.3, -0.25) is 0 Å². The number of methoxy groups -OCH3 is 1. The molecule has 4 saturated carbocycles. The average Bonchev–Trinajstić information content (AvgIpc) is 2.91. The van der Waals surface area contributed by atoms with Gasteiger partial charge in [-0.1, -0.05) is 19.0 Å². The fourth-order valence-electron chi connectivity index (χ4n) is 7.48. The number of hydrogen-bond acceptors (Lipinski definition) is 3. The molecule has 4 aliphatic rings. The van der Waals surface area contributed by atoms with Crippen LogP contribution < -0.4 is 0 Å². The summed E-state index contributed by atoms with van der Waals surface area (Å²) in [6, 6.07) is 0. The fraction of sp³-hybridized carbons (Fsp3) is 0.952. The first-order valence-corrected chi connectivity index (χ1v) is 10.2. The second kappa shape index (κ2) is 6.00. The van der Waals surface area contributed by atoms with Gasteiger partial charge in [0.2, 0.25) is 0 Å². The summed E-state index contributed by atoms with van der Waals surface area (Å²) in [4.78, 5) is 5.18. The average molecular weight is 334 g/mol. The van der Waals surface area contributed by atoms with Gasteiger partial charge in [-0.15, -0.1) is 0 Å². The first-order valence-electron chi connectivity index (χ1n) is 10.2. The molecular formula is C21H35NO2. The Morgan fingerprint density at radius 1 is 0.958 bits per heavy atom. The maximum atomic E-state index is 5.72. The fourth-order valence-corrected chi connectivity index (χ4v) is 7.48. The van der Waals surface area contributed by atoms with E-state index in [9.17, 15) is 0 Å². The van der Waals surface area contributed by atoms with Crippen LogP contribution in [0.15, 0.2) is 5.16 Å².